The van der Waals surface area contributed by atoms with Crippen LogP contribution in [-0.4, -0.2) is 13.0 Å². The maximum Gasteiger partial charge on any atom is 0.216 e. The average Bonchev–Trinajstić information content (AvgIpc) is 2.36. The number of rotatable bonds is 0. The molecule has 0 heterocycles. The zero-order valence-corrected chi connectivity index (χ0v) is 11.8. The molecular weight excluding hydrogens is 198 g/mol. The normalized spacial score (nSPS) is 6.69. The molecule has 1 aromatic carbocycles. The van der Waals surface area contributed by atoms with Crippen molar-refractivity contribution in [3.05, 3.63) is 35.9 Å². The second kappa shape index (κ2) is 19.3. The fourth-order valence-electron chi connectivity index (χ4n) is 0.534. The molecule has 1 rings (SSSR count). The number of benzene rings is 1. The highest BCUT2D eigenvalue weighted by Gasteiger charge is 1.73. The van der Waals surface area contributed by atoms with E-state index in [-0.39, 0.29) is 5.91 Å². The van der Waals surface area contributed by atoms with Crippen molar-refractivity contribution in [2.24, 2.45) is 0 Å². The van der Waals surface area contributed by atoms with Gasteiger partial charge in [-0.1, -0.05) is 63.6 Å². The molecule has 0 aliphatic rings. The minimum atomic E-state index is 0.00463. The fourth-order valence-corrected chi connectivity index (χ4v) is 0.534. The number of aryl methyl sites for hydroxylation is 1. The van der Waals surface area contributed by atoms with Crippen molar-refractivity contribution in [1.29, 1.82) is 0 Å². The minimum absolute atomic E-state index is 0.00463. The molecule has 2 nitrogen and oxygen atoms in total. The molecule has 0 fully saturated rings. The van der Waals surface area contributed by atoms with E-state index in [1.54, 1.807) is 7.05 Å². The lowest BCUT2D eigenvalue weighted by Crippen LogP contribution is -2.11. The SMILES string of the molecule is CC.CC.CNC(C)=O.Cc1ccccc1. The van der Waals surface area contributed by atoms with Gasteiger partial charge in [0, 0.05) is 14.0 Å². The van der Waals surface area contributed by atoms with Crippen LogP contribution in [0.4, 0.5) is 0 Å². The Morgan fingerprint density at radius 2 is 1.31 bits per heavy atom. The third-order valence-electron chi connectivity index (χ3n) is 1.29. The molecule has 0 aliphatic carbocycles. The monoisotopic (exact) mass is 225 g/mol. The van der Waals surface area contributed by atoms with Crippen molar-refractivity contribution in [2.45, 2.75) is 41.5 Å². The average molecular weight is 225 g/mol. The van der Waals surface area contributed by atoms with E-state index in [1.165, 1.54) is 12.5 Å². The molecule has 2 heteroatoms. The Balaban J connectivity index is -0.000000167. The van der Waals surface area contributed by atoms with Gasteiger partial charge < -0.3 is 5.32 Å². The fraction of sp³-hybridized carbons (Fsp3) is 0.500. The molecule has 1 aromatic rings. The van der Waals surface area contributed by atoms with E-state index in [9.17, 15) is 4.79 Å². The van der Waals surface area contributed by atoms with Crippen LogP contribution in [0, 0.1) is 6.92 Å². The van der Waals surface area contributed by atoms with Gasteiger partial charge >= 0.3 is 0 Å². The van der Waals surface area contributed by atoms with Gasteiger partial charge in [0.2, 0.25) is 5.91 Å². The molecule has 0 radical (unpaired) electrons. The first-order chi connectivity index (χ1) is 7.66. The summed E-state index contributed by atoms with van der Waals surface area (Å²) in [5.41, 5.74) is 1.32. The Labute approximate surface area is 101 Å². The quantitative estimate of drug-likeness (QED) is 0.715. The van der Waals surface area contributed by atoms with Crippen LogP contribution in [0.1, 0.15) is 40.2 Å². The highest BCUT2D eigenvalue weighted by Crippen LogP contribution is 1.92. The first-order valence-electron chi connectivity index (χ1n) is 5.86. The largest absolute Gasteiger partial charge is 0.359 e. The van der Waals surface area contributed by atoms with Gasteiger partial charge in [-0.15, -0.1) is 0 Å². The minimum Gasteiger partial charge on any atom is -0.359 e. The summed E-state index contributed by atoms with van der Waals surface area (Å²) < 4.78 is 0. The van der Waals surface area contributed by atoms with Crippen LogP contribution >= 0.6 is 0 Å². The molecule has 1 amide bonds. The molecule has 0 atom stereocenters. The lowest BCUT2D eigenvalue weighted by atomic mass is 10.2. The first kappa shape index (κ1) is 20.1. The Hall–Kier alpha value is -1.31. The number of amides is 1. The van der Waals surface area contributed by atoms with Crippen LogP contribution in [0.3, 0.4) is 0 Å². The summed E-state index contributed by atoms with van der Waals surface area (Å²) >= 11 is 0. The summed E-state index contributed by atoms with van der Waals surface area (Å²) in [6, 6.07) is 10.3. The van der Waals surface area contributed by atoms with E-state index < -0.39 is 0 Å². The summed E-state index contributed by atoms with van der Waals surface area (Å²) in [4.78, 5) is 9.70. The maximum absolute atomic E-state index is 9.70. The van der Waals surface area contributed by atoms with Crippen LogP contribution in [-0.2, 0) is 4.79 Å². The molecule has 1 N–H and O–H groups in total. The Morgan fingerprint density at radius 1 is 1.00 bits per heavy atom. The molecule has 94 valence electrons. The van der Waals surface area contributed by atoms with Crippen molar-refractivity contribution >= 4 is 5.91 Å². The Morgan fingerprint density at radius 3 is 1.44 bits per heavy atom. The van der Waals surface area contributed by atoms with Crippen molar-refractivity contribution in [3.63, 3.8) is 0 Å². The molecule has 16 heavy (non-hydrogen) atoms. The van der Waals surface area contributed by atoms with E-state index in [2.05, 4.69) is 24.4 Å². The van der Waals surface area contributed by atoms with Gasteiger partial charge in [-0.3, -0.25) is 4.79 Å². The zero-order valence-electron chi connectivity index (χ0n) is 11.8. The molecule has 0 bridgehead atoms. The van der Waals surface area contributed by atoms with Crippen molar-refractivity contribution < 1.29 is 4.79 Å². The topological polar surface area (TPSA) is 29.1 Å². The van der Waals surface area contributed by atoms with Crippen LogP contribution in [0.2, 0.25) is 0 Å². The van der Waals surface area contributed by atoms with Gasteiger partial charge in [0.15, 0.2) is 0 Å². The molecular formula is C14H27NO. The van der Waals surface area contributed by atoms with Crippen LogP contribution < -0.4 is 5.32 Å². The molecule has 0 spiro atoms. The number of nitrogens with one attached hydrogen (secondary N) is 1. The van der Waals surface area contributed by atoms with Crippen molar-refractivity contribution in [2.75, 3.05) is 7.05 Å². The Bertz CT molecular complexity index is 219. The van der Waals surface area contributed by atoms with Gasteiger partial charge in [-0.25, -0.2) is 0 Å². The lowest BCUT2D eigenvalue weighted by Gasteiger charge is -1.82. The van der Waals surface area contributed by atoms with Gasteiger partial charge in [-0.2, -0.15) is 0 Å². The molecule has 0 aliphatic heterocycles. The van der Waals surface area contributed by atoms with Crippen LogP contribution in [0.25, 0.3) is 0 Å². The van der Waals surface area contributed by atoms with Gasteiger partial charge in [0.25, 0.3) is 0 Å². The van der Waals surface area contributed by atoms with Gasteiger partial charge in [0.05, 0.1) is 0 Å². The smallest absolute Gasteiger partial charge is 0.216 e. The number of hydrogen-bond donors (Lipinski definition) is 1. The zero-order chi connectivity index (χ0) is 13.4. The second-order valence-corrected chi connectivity index (χ2v) is 2.46. The summed E-state index contributed by atoms with van der Waals surface area (Å²) in [6.45, 7) is 11.6. The molecule has 0 unspecified atom stereocenters. The maximum atomic E-state index is 9.70. The summed E-state index contributed by atoms with van der Waals surface area (Å²) in [5.74, 6) is 0.00463. The molecule has 0 aromatic heterocycles. The predicted octanol–water partition coefficient (Wildman–Crippen LogP) is 3.80. The third kappa shape index (κ3) is 23.0. The van der Waals surface area contributed by atoms with Crippen molar-refractivity contribution in [1.82, 2.24) is 5.32 Å². The standard InChI is InChI=1S/C7H8.C3H7NO.2C2H6/c1-7-5-3-2-4-6-7;1-3(5)4-2;2*1-2/h2-6H,1H3;1-2H3,(H,4,5);2*1-2H3. The van der Waals surface area contributed by atoms with E-state index in [0.29, 0.717) is 0 Å². The third-order valence-corrected chi connectivity index (χ3v) is 1.29. The summed E-state index contributed by atoms with van der Waals surface area (Å²) in [5, 5.41) is 2.39. The summed E-state index contributed by atoms with van der Waals surface area (Å²) in [7, 11) is 1.60. The van der Waals surface area contributed by atoms with Gasteiger partial charge in [0.1, 0.15) is 0 Å². The van der Waals surface area contributed by atoms with E-state index in [0.717, 1.165) is 0 Å². The molecule has 0 saturated heterocycles. The predicted molar refractivity (Wildman–Crippen MR) is 73.6 cm³/mol. The highest BCUT2D eigenvalue weighted by molar-refractivity contribution is 5.72. The number of carbonyl (C=O) groups excluding carboxylic acids is 1. The van der Waals surface area contributed by atoms with Gasteiger partial charge in [-0.05, 0) is 6.92 Å². The van der Waals surface area contributed by atoms with E-state index in [4.69, 9.17) is 0 Å². The molecule has 0 saturated carbocycles. The summed E-state index contributed by atoms with van der Waals surface area (Å²) in [6.07, 6.45) is 0. The number of carbonyl (C=O) groups is 1. The van der Waals surface area contributed by atoms with Crippen LogP contribution in [0.5, 0.6) is 0 Å². The second-order valence-electron chi connectivity index (χ2n) is 2.46. The van der Waals surface area contributed by atoms with Crippen molar-refractivity contribution in [3.8, 4) is 0 Å². The highest BCUT2D eigenvalue weighted by atomic mass is 16.1. The number of hydrogen-bond acceptors (Lipinski definition) is 1. The van der Waals surface area contributed by atoms with Crippen LogP contribution in [0.15, 0.2) is 30.3 Å². The van der Waals surface area contributed by atoms with E-state index in [1.807, 2.05) is 45.9 Å². The first-order valence-corrected chi connectivity index (χ1v) is 5.86. The lowest BCUT2D eigenvalue weighted by molar-refractivity contribution is -0.118. The van der Waals surface area contributed by atoms with E-state index >= 15 is 0 Å². The Kier molecular flexibility index (Phi) is 24.3.